The number of para-hydroxylation sites is 1. The van der Waals surface area contributed by atoms with E-state index in [0.29, 0.717) is 0 Å². The highest BCUT2D eigenvalue weighted by molar-refractivity contribution is 5.59. The van der Waals surface area contributed by atoms with Gasteiger partial charge in [-0.15, -0.1) is 0 Å². The van der Waals surface area contributed by atoms with Gasteiger partial charge in [0.25, 0.3) is 0 Å². The van der Waals surface area contributed by atoms with Crippen LogP contribution in [0.2, 0.25) is 0 Å². The molecule has 2 aromatic rings. The number of aromatic nitrogens is 1. The van der Waals surface area contributed by atoms with Crippen LogP contribution in [0.1, 0.15) is 26.3 Å². The van der Waals surface area contributed by atoms with Crippen molar-refractivity contribution in [2.75, 3.05) is 5.32 Å². The maximum absolute atomic E-state index is 4.45. The Morgan fingerprint density at radius 1 is 1.00 bits per heavy atom. The van der Waals surface area contributed by atoms with Crippen molar-refractivity contribution in [1.29, 1.82) is 0 Å². The highest BCUT2D eigenvalue weighted by atomic mass is 15.0. The molecule has 0 bridgehead atoms. The van der Waals surface area contributed by atoms with Gasteiger partial charge in [0.15, 0.2) is 0 Å². The van der Waals surface area contributed by atoms with Gasteiger partial charge in [0.1, 0.15) is 5.82 Å². The summed E-state index contributed by atoms with van der Waals surface area (Å²) in [4.78, 5) is 4.45. The second-order valence-corrected chi connectivity index (χ2v) is 5.74. The Morgan fingerprint density at radius 3 is 2.39 bits per heavy atom. The molecule has 0 radical (unpaired) electrons. The molecule has 1 heterocycles. The third-order valence-electron chi connectivity index (χ3n) is 2.65. The Balaban J connectivity index is 2.23. The van der Waals surface area contributed by atoms with Crippen LogP contribution in [-0.2, 0) is 6.42 Å². The van der Waals surface area contributed by atoms with E-state index in [1.807, 2.05) is 30.5 Å². The Bertz CT molecular complexity index is 498. The van der Waals surface area contributed by atoms with Gasteiger partial charge in [-0.3, -0.25) is 0 Å². The molecule has 94 valence electrons. The minimum atomic E-state index is 0.260. The lowest BCUT2D eigenvalue weighted by Gasteiger charge is -2.20. The van der Waals surface area contributed by atoms with E-state index in [4.69, 9.17) is 0 Å². The Labute approximate surface area is 109 Å². The van der Waals surface area contributed by atoms with Crippen LogP contribution in [0.25, 0.3) is 0 Å². The average molecular weight is 240 g/mol. The molecule has 2 rings (SSSR count). The van der Waals surface area contributed by atoms with Crippen LogP contribution < -0.4 is 5.32 Å². The molecule has 0 aliphatic rings. The number of nitrogens with one attached hydrogen (secondary N) is 1. The van der Waals surface area contributed by atoms with Gasteiger partial charge < -0.3 is 5.32 Å². The molecule has 2 nitrogen and oxygen atoms in total. The van der Waals surface area contributed by atoms with E-state index >= 15 is 0 Å². The summed E-state index contributed by atoms with van der Waals surface area (Å²) in [7, 11) is 0. The molecule has 2 heteroatoms. The number of benzene rings is 1. The predicted molar refractivity (Wildman–Crippen MR) is 77.1 cm³/mol. The number of nitrogens with zero attached hydrogens (tertiary/aromatic N) is 1. The Kier molecular flexibility index (Phi) is 3.66. The van der Waals surface area contributed by atoms with Crippen LogP contribution in [0.3, 0.4) is 0 Å². The molecule has 0 aliphatic heterocycles. The van der Waals surface area contributed by atoms with Crippen molar-refractivity contribution in [1.82, 2.24) is 4.98 Å². The van der Waals surface area contributed by atoms with Crippen LogP contribution >= 0.6 is 0 Å². The van der Waals surface area contributed by atoms with E-state index in [0.717, 1.165) is 17.9 Å². The van der Waals surface area contributed by atoms with E-state index < -0.39 is 0 Å². The molecule has 18 heavy (non-hydrogen) atoms. The van der Waals surface area contributed by atoms with E-state index in [2.05, 4.69) is 49.3 Å². The number of hydrogen-bond acceptors (Lipinski definition) is 2. The van der Waals surface area contributed by atoms with Gasteiger partial charge in [0, 0.05) is 11.9 Å². The van der Waals surface area contributed by atoms with Crippen molar-refractivity contribution < 1.29 is 0 Å². The fourth-order valence-electron chi connectivity index (χ4n) is 1.92. The summed E-state index contributed by atoms with van der Waals surface area (Å²) in [6.07, 6.45) is 2.84. The van der Waals surface area contributed by atoms with Crippen LogP contribution in [0, 0.1) is 5.41 Å². The minimum absolute atomic E-state index is 0.260. The molecule has 0 unspecified atom stereocenters. The largest absolute Gasteiger partial charge is 0.340 e. The first kappa shape index (κ1) is 12.6. The van der Waals surface area contributed by atoms with Crippen molar-refractivity contribution >= 4 is 11.5 Å². The minimum Gasteiger partial charge on any atom is -0.340 e. The van der Waals surface area contributed by atoms with Gasteiger partial charge in [0.05, 0.1) is 0 Å². The Hall–Kier alpha value is -1.83. The van der Waals surface area contributed by atoms with Crippen LogP contribution in [0.5, 0.6) is 0 Å². The second-order valence-electron chi connectivity index (χ2n) is 5.74. The Morgan fingerprint density at radius 2 is 1.72 bits per heavy atom. The zero-order valence-electron chi connectivity index (χ0n) is 11.3. The van der Waals surface area contributed by atoms with Crippen molar-refractivity contribution in [2.24, 2.45) is 5.41 Å². The molecule has 1 N–H and O–H groups in total. The summed E-state index contributed by atoms with van der Waals surface area (Å²) in [6, 6.07) is 14.3. The van der Waals surface area contributed by atoms with Crippen molar-refractivity contribution in [2.45, 2.75) is 27.2 Å². The molecule has 0 saturated heterocycles. The van der Waals surface area contributed by atoms with Crippen LogP contribution in [0.15, 0.2) is 48.7 Å². The molecule has 0 fully saturated rings. The molecular formula is C16H20N2. The molecule has 1 aromatic carbocycles. The number of pyridine rings is 1. The fraction of sp³-hybridized carbons (Fsp3) is 0.312. The maximum Gasteiger partial charge on any atom is 0.133 e. The van der Waals surface area contributed by atoms with Crippen molar-refractivity contribution in [3.8, 4) is 0 Å². The summed E-state index contributed by atoms with van der Waals surface area (Å²) in [6.45, 7) is 6.73. The number of rotatable bonds is 3. The van der Waals surface area contributed by atoms with Gasteiger partial charge in [-0.2, -0.15) is 0 Å². The number of anilines is 2. The zero-order valence-corrected chi connectivity index (χ0v) is 11.3. The first-order valence-corrected chi connectivity index (χ1v) is 6.30. The van der Waals surface area contributed by atoms with E-state index in [-0.39, 0.29) is 5.41 Å². The first-order chi connectivity index (χ1) is 8.54. The molecule has 0 aliphatic carbocycles. The lowest BCUT2D eigenvalue weighted by atomic mass is 9.88. The molecule has 0 spiro atoms. The van der Waals surface area contributed by atoms with Crippen LogP contribution in [-0.4, -0.2) is 4.98 Å². The third-order valence-corrected chi connectivity index (χ3v) is 2.65. The van der Waals surface area contributed by atoms with Gasteiger partial charge in [-0.1, -0.05) is 45.0 Å². The van der Waals surface area contributed by atoms with Gasteiger partial charge >= 0.3 is 0 Å². The maximum atomic E-state index is 4.45. The van der Waals surface area contributed by atoms with Crippen molar-refractivity contribution in [3.63, 3.8) is 0 Å². The topological polar surface area (TPSA) is 24.9 Å². The lowest BCUT2D eigenvalue weighted by molar-refractivity contribution is 0.411. The van der Waals surface area contributed by atoms with E-state index in [1.54, 1.807) is 0 Å². The monoisotopic (exact) mass is 240 g/mol. The molecule has 1 aromatic heterocycles. The van der Waals surface area contributed by atoms with E-state index in [9.17, 15) is 0 Å². The smallest absolute Gasteiger partial charge is 0.133 e. The van der Waals surface area contributed by atoms with Crippen LogP contribution in [0.4, 0.5) is 11.5 Å². The standard InChI is InChI=1S/C16H20N2/c1-16(2,3)12-13-8-7-11-17-15(13)18-14-9-5-4-6-10-14/h4-11H,12H2,1-3H3,(H,17,18). The summed E-state index contributed by atoms with van der Waals surface area (Å²) in [5.74, 6) is 0.957. The SMILES string of the molecule is CC(C)(C)Cc1cccnc1Nc1ccccc1. The first-order valence-electron chi connectivity index (χ1n) is 6.30. The fourth-order valence-corrected chi connectivity index (χ4v) is 1.92. The van der Waals surface area contributed by atoms with Crippen molar-refractivity contribution in [3.05, 3.63) is 54.2 Å². The van der Waals surface area contributed by atoms with Gasteiger partial charge in [-0.25, -0.2) is 4.98 Å². The highest BCUT2D eigenvalue weighted by Gasteiger charge is 2.14. The molecule has 0 amide bonds. The molecule has 0 saturated carbocycles. The third kappa shape index (κ3) is 3.59. The summed E-state index contributed by atoms with van der Waals surface area (Å²) < 4.78 is 0. The predicted octanol–water partition coefficient (Wildman–Crippen LogP) is 4.41. The summed E-state index contributed by atoms with van der Waals surface area (Å²) in [5.41, 5.74) is 2.59. The zero-order chi connectivity index (χ0) is 13.0. The van der Waals surface area contributed by atoms with Gasteiger partial charge in [-0.05, 0) is 35.6 Å². The summed E-state index contributed by atoms with van der Waals surface area (Å²) in [5, 5.41) is 3.38. The number of hydrogen-bond donors (Lipinski definition) is 1. The normalized spacial score (nSPS) is 11.3. The average Bonchev–Trinajstić information content (AvgIpc) is 2.31. The lowest BCUT2D eigenvalue weighted by Crippen LogP contribution is -2.11. The summed E-state index contributed by atoms with van der Waals surface area (Å²) >= 11 is 0. The highest BCUT2D eigenvalue weighted by Crippen LogP contribution is 2.26. The quantitative estimate of drug-likeness (QED) is 0.859. The second kappa shape index (κ2) is 5.21. The molecular weight excluding hydrogens is 220 g/mol. The molecule has 0 atom stereocenters. The van der Waals surface area contributed by atoms with Gasteiger partial charge in [0.2, 0.25) is 0 Å². The van der Waals surface area contributed by atoms with E-state index in [1.165, 1.54) is 5.56 Å².